The van der Waals surface area contributed by atoms with Crippen molar-refractivity contribution in [2.45, 2.75) is 39.2 Å². The molecule has 1 aliphatic carbocycles. The van der Waals surface area contributed by atoms with Crippen molar-refractivity contribution in [3.8, 4) is 0 Å². The molecule has 1 aromatic heterocycles. The summed E-state index contributed by atoms with van der Waals surface area (Å²) < 4.78 is 5.07. The SMILES string of the molecule is COCCNCc1sc(N(C)CC2CC2)nc1C(C)C. The first-order chi connectivity index (χ1) is 9.61. The van der Waals surface area contributed by atoms with E-state index in [1.807, 2.05) is 11.3 Å². The standard InChI is InChI=1S/C15H27N3OS/c1-11(2)14-13(9-16-7-8-19-4)20-15(17-14)18(3)10-12-5-6-12/h11-12,16H,5-10H2,1-4H3. The summed E-state index contributed by atoms with van der Waals surface area (Å²) in [7, 11) is 3.91. The van der Waals surface area contributed by atoms with Gasteiger partial charge in [-0.25, -0.2) is 4.98 Å². The van der Waals surface area contributed by atoms with Gasteiger partial charge in [-0.05, 0) is 24.7 Å². The zero-order valence-corrected chi connectivity index (χ0v) is 13.9. The molecular weight excluding hydrogens is 270 g/mol. The minimum Gasteiger partial charge on any atom is -0.383 e. The number of nitrogens with zero attached hydrogens (tertiary/aromatic N) is 2. The molecule has 0 bridgehead atoms. The Kier molecular flexibility index (Phi) is 5.81. The molecule has 0 atom stereocenters. The van der Waals surface area contributed by atoms with Crippen LogP contribution in [0.25, 0.3) is 0 Å². The molecule has 1 aliphatic rings. The van der Waals surface area contributed by atoms with Gasteiger partial charge in [0.05, 0.1) is 12.3 Å². The minimum absolute atomic E-state index is 0.480. The number of methoxy groups -OCH3 is 1. The topological polar surface area (TPSA) is 37.4 Å². The van der Waals surface area contributed by atoms with Gasteiger partial charge in [0.15, 0.2) is 5.13 Å². The van der Waals surface area contributed by atoms with E-state index in [-0.39, 0.29) is 0 Å². The Balaban J connectivity index is 1.98. The normalized spacial score (nSPS) is 15.1. The van der Waals surface area contributed by atoms with Crippen LogP contribution in [-0.2, 0) is 11.3 Å². The van der Waals surface area contributed by atoms with E-state index >= 15 is 0 Å². The highest BCUT2D eigenvalue weighted by Gasteiger charge is 2.25. The Morgan fingerprint density at radius 1 is 1.45 bits per heavy atom. The number of anilines is 1. The van der Waals surface area contributed by atoms with Crippen molar-refractivity contribution in [2.24, 2.45) is 5.92 Å². The summed E-state index contributed by atoms with van der Waals surface area (Å²) in [5.74, 6) is 1.38. The lowest BCUT2D eigenvalue weighted by Gasteiger charge is -2.14. The zero-order chi connectivity index (χ0) is 14.5. The molecule has 0 radical (unpaired) electrons. The maximum atomic E-state index is 5.07. The van der Waals surface area contributed by atoms with Crippen LogP contribution >= 0.6 is 11.3 Å². The van der Waals surface area contributed by atoms with Gasteiger partial charge in [0, 0.05) is 38.7 Å². The van der Waals surface area contributed by atoms with Crippen LogP contribution < -0.4 is 10.2 Å². The predicted octanol–water partition coefficient (Wildman–Crippen LogP) is 2.85. The zero-order valence-electron chi connectivity index (χ0n) is 13.1. The lowest BCUT2D eigenvalue weighted by atomic mass is 10.1. The van der Waals surface area contributed by atoms with E-state index in [9.17, 15) is 0 Å². The summed E-state index contributed by atoms with van der Waals surface area (Å²) in [4.78, 5) is 8.56. The molecule has 1 saturated carbocycles. The van der Waals surface area contributed by atoms with E-state index in [0.29, 0.717) is 5.92 Å². The number of thiazole rings is 1. The first kappa shape index (κ1) is 15.7. The Hall–Kier alpha value is -0.650. The quantitative estimate of drug-likeness (QED) is 0.711. The third kappa shape index (κ3) is 4.43. The Morgan fingerprint density at radius 2 is 2.20 bits per heavy atom. The van der Waals surface area contributed by atoms with Gasteiger partial charge >= 0.3 is 0 Å². The van der Waals surface area contributed by atoms with E-state index in [2.05, 4.69) is 31.1 Å². The van der Waals surface area contributed by atoms with Crippen LogP contribution in [0.2, 0.25) is 0 Å². The third-order valence-corrected chi connectivity index (χ3v) is 4.77. The van der Waals surface area contributed by atoms with Crippen LogP contribution in [0.4, 0.5) is 5.13 Å². The van der Waals surface area contributed by atoms with Crippen molar-refractivity contribution in [2.75, 3.05) is 38.8 Å². The second-order valence-electron chi connectivity index (χ2n) is 5.95. The van der Waals surface area contributed by atoms with Crippen molar-refractivity contribution in [1.82, 2.24) is 10.3 Å². The van der Waals surface area contributed by atoms with E-state index < -0.39 is 0 Å². The number of hydrogen-bond donors (Lipinski definition) is 1. The van der Waals surface area contributed by atoms with Crippen LogP contribution in [-0.4, -0.2) is 38.8 Å². The summed E-state index contributed by atoms with van der Waals surface area (Å²) >= 11 is 1.84. The van der Waals surface area contributed by atoms with Crippen LogP contribution in [0.5, 0.6) is 0 Å². The molecular formula is C15H27N3OS. The summed E-state index contributed by atoms with van der Waals surface area (Å²) in [6, 6.07) is 0. The molecule has 1 heterocycles. The van der Waals surface area contributed by atoms with Crippen LogP contribution in [0, 0.1) is 5.92 Å². The molecule has 0 amide bonds. The van der Waals surface area contributed by atoms with Crippen LogP contribution in [0.3, 0.4) is 0 Å². The molecule has 5 heteroatoms. The van der Waals surface area contributed by atoms with Gasteiger partial charge < -0.3 is 15.0 Å². The van der Waals surface area contributed by atoms with Crippen molar-refractivity contribution >= 4 is 16.5 Å². The highest BCUT2D eigenvalue weighted by molar-refractivity contribution is 7.15. The highest BCUT2D eigenvalue weighted by Crippen LogP contribution is 2.34. The average Bonchev–Trinajstić information content (AvgIpc) is 3.11. The first-order valence-corrected chi connectivity index (χ1v) is 8.33. The molecule has 20 heavy (non-hydrogen) atoms. The van der Waals surface area contributed by atoms with Gasteiger partial charge in [0.2, 0.25) is 0 Å². The fourth-order valence-corrected chi connectivity index (χ4v) is 3.39. The smallest absolute Gasteiger partial charge is 0.185 e. The second-order valence-corrected chi connectivity index (χ2v) is 7.02. The molecule has 0 saturated heterocycles. The largest absolute Gasteiger partial charge is 0.383 e. The number of nitrogens with one attached hydrogen (secondary N) is 1. The number of ether oxygens (including phenoxy) is 1. The van der Waals surface area contributed by atoms with E-state index in [0.717, 1.165) is 32.2 Å². The van der Waals surface area contributed by atoms with Gasteiger partial charge in [-0.15, -0.1) is 11.3 Å². The van der Waals surface area contributed by atoms with Crippen molar-refractivity contribution in [1.29, 1.82) is 0 Å². The Labute approximate surface area is 126 Å². The molecule has 0 unspecified atom stereocenters. The van der Waals surface area contributed by atoms with Gasteiger partial charge in [0.25, 0.3) is 0 Å². The lowest BCUT2D eigenvalue weighted by molar-refractivity contribution is 0.199. The monoisotopic (exact) mass is 297 g/mol. The summed E-state index contributed by atoms with van der Waals surface area (Å²) in [6.45, 7) is 8.13. The van der Waals surface area contributed by atoms with Gasteiger partial charge in [-0.2, -0.15) is 0 Å². The summed E-state index contributed by atoms with van der Waals surface area (Å²) in [5.41, 5.74) is 1.25. The summed E-state index contributed by atoms with van der Waals surface area (Å²) in [5, 5.41) is 4.60. The van der Waals surface area contributed by atoms with E-state index in [1.165, 1.54) is 28.5 Å². The van der Waals surface area contributed by atoms with Crippen molar-refractivity contribution in [3.63, 3.8) is 0 Å². The number of rotatable bonds is 9. The number of hydrogen-bond acceptors (Lipinski definition) is 5. The molecule has 4 nitrogen and oxygen atoms in total. The number of aromatic nitrogens is 1. The van der Waals surface area contributed by atoms with Crippen molar-refractivity contribution in [3.05, 3.63) is 10.6 Å². The van der Waals surface area contributed by atoms with Gasteiger partial charge in [-0.3, -0.25) is 0 Å². The Bertz CT molecular complexity index is 415. The highest BCUT2D eigenvalue weighted by atomic mass is 32.1. The predicted molar refractivity (Wildman–Crippen MR) is 85.8 cm³/mol. The van der Waals surface area contributed by atoms with Crippen LogP contribution in [0.1, 0.15) is 43.2 Å². The lowest BCUT2D eigenvalue weighted by Crippen LogP contribution is -2.19. The maximum Gasteiger partial charge on any atom is 0.185 e. The molecule has 2 rings (SSSR count). The van der Waals surface area contributed by atoms with Gasteiger partial charge in [0.1, 0.15) is 0 Å². The molecule has 1 aromatic rings. The Morgan fingerprint density at radius 3 is 2.80 bits per heavy atom. The first-order valence-electron chi connectivity index (χ1n) is 7.52. The molecule has 1 N–H and O–H groups in total. The van der Waals surface area contributed by atoms with Gasteiger partial charge in [-0.1, -0.05) is 13.8 Å². The fourth-order valence-electron chi connectivity index (χ4n) is 2.23. The van der Waals surface area contributed by atoms with E-state index in [1.54, 1.807) is 7.11 Å². The van der Waals surface area contributed by atoms with Crippen molar-refractivity contribution < 1.29 is 4.74 Å². The molecule has 0 spiro atoms. The fraction of sp³-hybridized carbons (Fsp3) is 0.800. The second kappa shape index (κ2) is 7.38. The molecule has 0 aliphatic heterocycles. The molecule has 0 aromatic carbocycles. The maximum absolute atomic E-state index is 5.07. The minimum atomic E-state index is 0.480. The molecule has 1 fully saturated rings. The molecule has 114 valence electrons. The average molecular weight is 297 g/mol. The van der Waals surface area contributed by atoms with Crippen LogP contribution in [0.15, 0.2) is 0 Å². The third-order valence-electron chi connectivity index (χ3n) is 3.59. The summed E-state index contributed by atoms with van der Waals surface area (Å²) in [6.07, 6.45) is 2.77. The van der Waals surface area contributed by atoms with E-state index in [4.69, 9.17) is 9.72 Å².